The standard InChI is InChI=1S/C19H19ClN4O3/c1-24(11-18(25)22-14-5-7-16(27-2)8-6-14)12-19(26)23-15-4-3-13(10-21)17(20)9-15/h3-9H,11-12H2,1-2H3,(H,22,25)(H,23,26). The van der Waals surface area contributed by atoms with Gasteiger partial charge in [-0.1, -0.05) is 11.6 Å². The molecule has 2 aromatic rings. The Morgan fingerprint density at radius 3 is 2.15 bits per heavy atom. The molecular formula is C19H19ClN4O3. The Morgan fingerprint density at radius 2 is 1.63 bits per heavy atom. The Hall–Kier alpha value is -3.08. The zero-order valence-corrected chi connectivity index (χ0v) is 15.7. The number of ether oxygens (including phenoxy) is 1. The first kappa shape index (κ1) is 20.2. The number of benzene rings is 2. The predicted octanol–water partition coefficient (Wildman–Crippen LogP) is 2.73. The minimum absolute atomic E-state index is 0.0215. The molecule has 0 radical (unpaired) electrons. The van der Waals surface area contributed by atoms with Gasteiger partial charge in [-0.15, -0.1) is 0 Å². The highest BCUT2D eigenvalue weighted by Crippen LogP contribution is 2.20. The fourth-order valence-electron chi connectivity index (χ4n) is 2.31. The lowest BCUT2D eigenvalue weighted by atomic mass is 10.2. The second-order valence-electron chi connectivity index (χ2n) is 5.80. The molecule has 0 unspecified atom stereocenters. The second kappa shape index (κ2) is 9.57. The summed E-state index contributed by atoms with van der Waals surface area (Å²) < 4.78 is 5.06. The number of nitriles is 1. The van der Waals surface area contributed by atoms with Gasteiger partial charge in [0.2, 0.25) is 11.8 Å². The van der Waals surface area contributed by atoms with Gasteiger partial charge in [0.05, 0.1) is 30.8 Å². The number of anilines is 2. The first-order chi connectivity index (χ1) is 12.9. The van der Waals surface area contributed by atoms with E-state index in [4.69, 9.17) is 21.6 Å². The molecule has 0 aliphatic heterocycles. The van der Waals surface area contributed by atoms with Crippen molar-refractivity contribution < 1.29 is 14.3 Å². The van der Waals surface area contributed by atoms with Gasteiger partial charge in [0, 0.05) is 11.4 Å². The molecule has 0 aliphatic rings. The molecule has 7 nitrogen and oxygen atoms in total. The maximum atomic E-state index is 12.1. The average Bonchev–Trinajstić information content (AvgIpc) is 2.62. The number of nitrogens with one attached hydrogen (secondary N) is 2. The molecule has 2 rings (SSSR count). The third kappa shape index (κ3) is 6.29. The molecule has 0 aliphatic carbocycles. The van der Waals surface area contributed by atoms with Crippen LogP contribution in [0.4, 0.5) is 11.4 Å². The summed E-state index contributed by atoms with van der Waals surface area (Å²) >= 11 is 5.94. The molecular weight excluding hydrogens is 368 g/mol. The van der Waals surface area contributed by atoms with Gasteiger partial charge in [-0.3, -0.25) is 14.5 Å². The summed E-state index contributed by atoms with van der Waals surface area (Å²) in [5, 5.41) is 14.6. The third-order valence-electron chi connectivity index (χ3n) is 3.57. The van der Waals surface area contributed by atoms with Crippen LogP contribution >= 0.6 is 11.6 Å². The molecule has 0 saturated carbocycles. The summed E-state index contributed by atoms with van der Waals surface area (Å²) in [5.41, 5.74) is 1.47. The van der Waals surface area contributed by atoms with Crippen molar-refractivity contribution in [2.45, 2.75) is 0 Å². The third-order valence-corrected chi connectivity index (χ3v) is 3.89. The number of carbonyl (C=O) groups excluding carboxylic acids is 2. The molecule has 0 bridgehead atoms. The van der Waals surface area contributed by atoms with Gasteiger partial charge in [0.1, 0.15) is 11.8 Å². The number of likely N-dealkylation sites (N-methyl/N-ethyl adjacent to an activating group) is 1. The van der Waals surface area contributed by atoms with Crippen LogP contribution in [0.5, 0.6) is 5.75 Å². The van der Waals surface area contributed by atoms with Crippen molar-refractivity contribution >= 4 is 34.8 Å². The van der Waals surface area contributed by atoms with Gasteiger partial charge in [-0.05, 0) is 49.5 Å². The Kier molecular flexibility index (Phi) is 7.17. The van der Waals surface area contributed by atoms with Crippen LogP contribution in [-0.2, 0) is 9.59 Å². The predicted molar refractivity (Wildman–Crippen MR) is 104 cm³/mol. The Balaban J connectivity index is 1.82. The molecule has 2 N–H and O–H groups in total. The minimum atomic E-state index is -0.296. The van der Waals surface area contributed by atoms with Crippen molar-refractivity contribution in [3.8, 4) is 11.8 Å². The van der Waals surface area contributed by atoms with E-state index < -0.39 is 0 Å². The highest BCUT2D eigenvalue weighted by molar-refractivity contribution is 6.32. The monoisotopic (exact) mass is 386 g/mol. The van der Waals surface area contributed by atoms with E-state index in [9.17, 15) is 9.59 Å². The van der Waals surface area contributed by atoms with E-state index in [0.29, 0.717) is 22.7 Å². The maximum Gasteiger partial charge on any atom is 0.238 e. The fraction of sp³-hybridized carbons (Fsp3) is 0.211. The van der Waals surface area contributed by atoms with Crippen LogP contribution in [0.1, 0.15) is 5.56 Å². The topological polar surface area (TPSA) is 94.5 Å². The fourth-order valence-corrected chi connectivity index (χ4v) is 2.53. The van der Waals surface area contributed by atoms with Crippen LogP contribution in [0.2, 0.25) is 5.02 Å². The molecule has 140 valence electrons. The number of rotatable bonds is 7. The zero-order chi connectivity index (χ0) is 19.8. The number of hydrogen-bond acceptors (Lipinski definition) is 5. The summed E-state index contributed by atoms with van der Waals surface area (Å²) in [4.78, 5) is 25.7. The highest BCUT2D eigenvalue weighted by Gasteiger charge is 2.12. The first-order valence-electron chi connectivity index (χ1n) is 8.03. The number of nitrogens with zero attached hydrogens (tertiary/aromatic N) is 2. The maximum absolute atomic E-state index is 12.1. The van der Waals surface area contributed by atoms with Crippen LogP contribution < -0.4 is 15.4 Å². The van der Waals surface area contributed by atoms with E-state index in [1.54, 1.807) is 49.4 Å². The summed E-state index contributed by atoms with van der Waals surface area (Å²) in [6, 6.07) is 13.5. The van der Waals surface area contributed by atoms with E-state index in [0.717, 1.165) is 0 Å². The molecule has 2 amide bonds. The van der Waals surface area contributed by atoms with Crippen molar-refractivity contribution in [1.82, 2.24) is 4.90 Å². The van der Waals surface area contributed by atoms with Crippen LogP contribution in [0.15, 0.2) is 42.5 Å². The average molecular weight is 387 g/mol. The summed E-state index contributed by atoms with van der Waals surface area (Å²) in [7, 11) is 3.23. The number of amides is 2. The van der Waals surface area contributed by atoms with Crippen LogP contribution in [-0.4, -0.2) is 44.0 Å². The Labute approximate surface area is 162 Å². The number of methoxy groups -OCH3 is 1. The van der Waals surface area contributed by atoms with Gasteiger partial charge >= 0.3 is 0 Å². The molecule has 27 heavy (non-hydrogen) atoms. The zero-order valence-electron chi connectivity index (χ0n) is 15.0. The van der Waals surface area contributed by atoms with E-state index in [1.807, 2.05) is 6.07 Å². The lowest BCUT2D eigenvalue weighted by Crippen LogP contribution is -2.36. The first-order valence-corrected chi connectivity index (χ1v) is 8.41. The Bertz CT molecular complexity index is 862. The molecule has 0 fully saturated rings. The van der Waals surface area contributed by atoms with Crippen LogP contribution in [0, 0.1) is 11.3 Å². The van der Waals surface area contributed by atoms with Gasteiger partial charge < -0.3 is 15.4 Å². The molecule has 0 saturated heterocycles. The SMILES string of the molecule is COc1ccc(NC(=O)CN(C)CC(=O)Nc2ccc(C#N)c(Cl)c2)cc1. The number of carbonyl (C=O) groups is 2. The number of hydrogen-bond donors (Lipinski definition) is 2. The van der Waals surface area contributed by atoms with E-state index in [1.165, 1.54) is 12.1 Å². The quantitative estimate of drug-likeness (QED) is 0.763. The van der Waals surface area contributed by atoms with Crippen LogP contribution in [0.3, 0.4) is 0 Å². The van der Waals surface area contributed by atoms with Crippen LogP contribution in [0.25, 0.3) is 0 Å². The van der Waals surface area contributed by atoms with E-state index in [2.05, 4.69) is 10.6 Å². The smallest absolute Gasteiger partial charge is 0.238 e. The molecule has 0 aromatic heterocycles. The highest BCUT2D eigenvalue weighted by atomic mass is 35.5. The van der Waals surface area contributed by atoms with E-state index >= 15 is 0 Å². The molecule has 0 heterocycles. The Morgan fingerprint density at radius 1 is 1.07 bits per heavy atom. The second-order valence-corrected chi connectivity index (χ2v) is 6.21. The largest absolute Gasteiger partial charge is 0.497 e. The van der Waals surface area contributed by atoms with E-state index in [-0.39, 0.29) is 29.9 Å². The lowest BCUT2D eigenvalue weighted by molar-refractivity contribution is -0.119. The van der Waals surface area contributed by atoms with Gasteiger partial charge in [-0.25, -0.2) is 0 Å². The van der Waals surface area contributed by atoms with Crippen molar-refractivity contribution in [2.24, 2.45) is 0 Å². The van der Waals surface area contributed by atoms with Gasteiger partial charge in [-0.2, -0.15) is 5.26 Å². The van der Waals surface area contributed by atoms with Gasteiger partial charge in [0.25, 0.3) is 0 Å². The number of halogens is 1. The van der Waals surface area contributed by atoms with Crippen molar-refractivity contribution in [3.05, 3.63) is 53.1 Å². The summed E-state index contributed by atoms with van der Waals surface area (Å²) in [6.45, 7) is 0.0707. The van der Waals surface area contributed by atoms with Crippen molar-refractivity contribution in [2.75, 3.05) is 37.9 Å². The molecule has 0 atom stereocenters. The summed E-state index contributed by atoms with van der Waals surface area (Å²) in [5.74, 6) is 0.164. The normalized spacial score (nSPS) is 10.2. The molecule has 0 spiro atoms. The summed E-state index contributed by atoms with van der Waals surface area (Å²) in [6.07, 6.45) is 0. The van der Waals surface area contributed by atoms with Gasteiger partial charge in [0.15, 0.2) is 0 Å². The minimum Gasteiger partial charge on any atom is -0.497 e. The lowest BCUT2D eigenvalue weighted by Gasteiger charge is -2.16. The molecule has 2 aromatic carbocycles. The van der Waals surface area contributed by atoms with Crippen molar-refractivity contribution in [1.29, 1.82) is 5.26 Å². The van der Waals surface area contributed by atoms with Crippen molar-refractivity contribution in [3.63, 3.8) is 0 Å². The molecule has 8 heteroatoms.